The highest BCUT2D eigenvalue weighted by molar-refractivity contribution is 5.82. The Bertz CT molecular complexity index is 1480. The predicted octanol–water partition coefficient (Wildman–Crippen LogP) is 9.67. The number of hydrogen-bond acceptors (Lipinski definition) is 5. The van der Waals surface area contributed by atoms with E-state index in [0.29, 0.717) is 36.0 Å². The van der Waals surface area contributed by atoms with Gasteiger partial charge >= 0.3 is 11.9 Å². The molecule has 0 bridgehead atoms. The first kappa shape index (κ1) is 35.3. The molecule has 7 rings (SSSR count). The number of carbonyl (C=O) groups excluding carboxylic acids is 2. The Labute approximate surface area is 296 Å². The molecule has 270 valence electrons. The van der Waals surface area contributed by atoms with Gasteiger partial charge < -0.3 is 15.2 Å². The van der Waals surface area contributed by atoms with Crippen molar-refractivity contribution >= 4 is 11.9 Å². The Morgan fingerprint density at radius 2 is 1.47 bits per heavy atom. The summed E-state index contributed by atoms with van der Waals surface area (Å²) in [7, 11) is 0. The maximum Gasteiger partial charge on any atom is 0.309 e. The van der Waals surface area contributed by atoms with Crippen molar-refractivity contribution in [3.63, 3.8) is 0 Å². The van der Waals surface area contributed by atoms with Crippen LogP contribution in [0.3, 0.4) is 0 Å². The molecule has 6 fully saturated rings. The molecular weight excluding hydrogens is 606 g/mol. The normalized spacial score (nSPS) is 46.1. The monoisotopic (exact) mass is 671 g/mol. The maximum atomic E-state index is 13.9. The van der Waals surface area contributed by atoms with Gasteiger partial charge in [-0.2, -0.15) is 0 Å². The fourth-order valence-electron chi connectivity index (χ4n) is 14.2. The van der Waals surface area contributed by atoms with E-state index in [-0.39, 0.29) is 63.7 Å². The standard InChI is InChI=1S/C44H65NO4/c1-27(2)29-17-22-44(45)24-23-42(8)30(36(29)44)15-16-34-41(7)20-19-35(40(5,6)33(41)18-21-43(34,42)9)49-38(47)32-25-31(39(32,3)4)37(46)48-26-28-13-11-10-12-14-28/h10-14,29-36H,1,15-26,45H2,2-9H3/t29-,30+,31-,32+,33?,34?,35-,36?,41-,42+,43+,44-/m0/s1. The molecule has 5 nitrogen and oxygen atoms in total. The molecule has 0 radical (unpaired) electrons. The number of nitrogens with two attached hydrogens (primary N) is 1. The number of hydrogen-bond donors (Lipinski definition) is 1. The van der Waals surface area contributed by atoms with Crippen molar-refractivity contribution in [1.82, 2.24) is 0 Å². The molecule has 12 atom stereocenters. The minimum Gasteiger partial charge on any atom is -0.462 e. The SMILES string of the molecule is C=C(C)[C@@H]1CC[C@]2(N)CC[C@]3(C)[C@H](CCC4[C@@]5(C)CC[C@H](OC(=O)[C@H]6C[C@@H](C(=O)OCc7ccccc7)C6(C)C)C(C)(C)C5CC[C@]43C)C12. The molecule has 5 heteroatoms. The molecule has 3 unspecified atom stereocenters. The van der Waals surface area contributed by atoms with Gasteiger partial charge in [0.15, 0.2) is 0 Å². The average molecular weight is 672 g/mol. The van der Waals surface area contributed by atoms with Gasteiger partial charge in [-0.15, -0.1) is 0 Å². The summed E-state index contributed by atoms with van der Waals surface area (Å²) in [6.45, 7) is 23.8. The zero-order valence-corrected chi connectivity index (χ0v) is 31.9. The summed E-state index contributed by atoms with van der Waals surface area (Å²) in [5.74, 6) is 2.08. The van der Waals surface area contributed by atoms with E-state index in [0.717, 1.165) is 31.2 Å². The molecule has 1 aromatic carbocycles. The van der Waals surface area contributed by atoms with Gasteiger partial charge in [0.2, 0.25) is 0 Å². The van der Waals surface area contributed by atoms with Gasteiger partial charge in [-0.05, 0) is 134 Å². The molecule has 6 saturated carbocycles. The van der Waals surface area contributed by atoms with Crippen LogP contribution in [0.2, 0.25) is 0 Å². The number of ether oxygens (including phenoxy) is 2. The van der Waals surface area contributed by atoms with Gasteiger partial charge in [0, 0.05) is 11.0 Å². The van der Waals surface area contributed by atoms with Crippen molar-refractivity contribution in [2.75, 3.05) is 0 Å². The largest absolute Gasteiger partial charge is 0.462 e. The van der Waals surface area contributed by atoms with E-state index in [1.807, 2.05) is 44.2 Å². The number of allylic oxidation sites excluding steroid dienone is 1. The van der Waals surface area contributed by atoms with Gasteiger partial charge in [-0.1, -0.05) is 91.0 Å². The molecule has 0 heterocycles. The minimum absolute atomic E-state index is 0.0144. The van der Waals surface area contributed by atoms with Crippen LogP contribution < -0.4 is 5.73 Å². The average Bonchev–Trinajstić information content (AvgIpc) is 3.39. The minimum atomic E-state index is -0.484. The molecule has 0 spiro atoms. The van der Waals surface area contributed by atoms with Crippen LogP contribution in [-0.2, 0) is 25.7 Å². The summed E-state index contributed by atoms with van der Waals surface area (Å²) in [4.78, 5) is 26.9. The summed E-state index contributed by atoms with van der Waals surface area (Å²) < 4.78 is 12.2. The molecular formula is C44H65NO4. The van der Waals surface area contributed by atoms with Crippen LogP contribution >= 0.6 is 0 Å². The van der Waals surface area contributed by atoms with E-state index in [2.05, 4.69) is 48.1 Å². The maximum absolute atomic E-state index is 13.9. The first-order valence-electron chi connectivity index (χ1n) is 19.8. The zero-order valence-electron chi connectivity index (χ0n) is 31.9. The lowest BCUT2D eigenvalue weighted by Crippen LogP contribution is -2.68. The van der Waals surface area contributed by atoms with E-state index < -0.39 is 5.41 Å². The highest BCUT2D eigenvalue weighted by atomic mass is 16.5. The Morgan fingerprint density at radius 1 is 0.776 bits per heavy atom. The topological polar surface area (TPSA) is 78.6 Å². The molecule has 1 aromatic rings. The molecule has 49 heavy (non-hydrogen) atoms. The summed E-state index contributed by atoms with van der Waals surface area (Å²) in [6, 6.07) is 9.78. The summed E-state index contributed by atoms with van der Waals surface area (Å²) in [5, 5.41) is 0. The van der Waals surface area contributed by atoms with Crippen LogP contribution in [0.1, 0.15) is 132 Å². The smallest absolute Gasteiger partial charge is 0.309 e. The highest BCUT2D eigenvalue weighted by Crippen LogP contribution is 2.76. The molecule has 0 saturated heterocycles. The van der Waals surface area contributed by atoms with E-state index in [1.165, 1.54) is 44.1 Å². The fourth-order valence-corrected chi connectivity index (χ4v) is 14.2. The van der Waals surface area contributed by atoms with Crippen molar-refractivity contribution < 1.29 is 19.1 Å². The zero-order chi connectivity index (χ0) is 35.4. The summed E-state index contributed by atoms with van der Waals surface area (Å²) in [6.07, 6.45) is 12.2. The third-order valence-electron chi connectivity index (χ3n) is 17.4. The first-order chi connectivity index (χ1) is 22.9. The van der Waals surface area contributed by atoms with Gasteiger partial charge in [-0.25, -0.2) is 0 Å². The van der Waals surface area contributed by atoms with Crippen LogP contribution in [-0.4, -0.2) is 23.6 Å². The summed E-state index contributed by atoms with van der Waals surface area (Å²) in [5.41, 5.74) is 9.80. The van der Waals surface area contributed by atoms with Crippen molar-refractivity contribution in [2.24, 2.45) is 74.2 Å². The van der Waals surface area contributed by atoms with Crippen LogP contribution in [0.25, 0.3) is 0 Å². The highest BCUT2D eigenvalue weighted by Gasteiger charge is 2.71. The van der Waals surface area contributed by atoms with E-state index in [4.69, 9.17) is 15.2 Å². The van der Waals surface area contributed by atoms with Crippen LogP contribution in [0.5, 0.6) is 0 Å². The fraction of sp³-hybridized carbons (Fsp3) is 0.773. The van der Waals surface area contributed by atoms with Crippen LogP contribution in [0, 0.1) is 68.5 Å². The van der Waals surface area contributed by atoms with Crippen molar-refractivity contribution in [2.45, 2.75) is 144 Å². The van der Waals surface area contributed by atoms with E-state index >= 15 is 0 Å². The van der Waals surface area contributed by atoms with Crippen molar-refractivity contribution in [3.8, 4) is 0 Å². The second-order valence-electron chi connectivity index (χ2n) is 20.0. The first-order valence-corrected chi connectivity index (χ1v) is 19.8. The lowest BCUT2D eigenvalue weighted by Gasteiger charge is -2.72. The Kier molecular flexibility index (Phi) is 8.41. The number of carbonyl (C=O) groups is 2. The van der Waals surface area contributed by atoms with Crippen molar-refractivity contribution in [3.05, 3.63) is 48.0 Å². The number of esters is 2. The second kappa shape index (κ2) is 11.7. The Balaban J connectivity index is 1.04. The molecule has 2 N–H and O–H groups in total. The van der Waals surface area contributed by atoms with Crippen LogP contribution in [0.4, 0.5) is 0 Å². The van der Waals surface area contributed by atoms with E-state index in [9.17, 15) is 9.59 Å². The third kappa shape index (κ3) is 5.07. The second-order valence-corrected chi connectivity index (χ2v) is 20.0. The third-order valence-corrected chi connectivity index (χ3v) is 17.4. The lowest BCUT2D eigenvalue weighted by molar-refractivity contribution is -0.247. The quantitative estimate of drug-likeness (QED) is 0.241. The molecule has 0 aliphatic heterocycles. The van der Waals surface area contributed by atoms with Gasteiger partial charge in [0.1, 0.15) is 12.7 Å². The number of benzene rings is 1. The van der Waals surface area contributed by atoms with Crippen molar-refractivity contribution in [1.29, 1.82) is 0 Å². The molecule has 0 aromatic heterocycles. The Hall–Kier alpha value is -2.14. The van der Waals surface area contributed by atoms with Gasteiger partial charge in [0.05, 0.1) is 11.8 Å². The lowest BCUT2D eigenvalue weighted by atomic mass is 9.32. The summed E-state index contributed by atoms with van der Waals surface area (Å²) >= 11 is 0. The molecule has 6 aliphatic carbocycles. The van der Waals surface area contributed by atoms with E-state index in [1.54, 1.807) is 0 Å². The predicted molar refractivity (Wildman–Crippen MR) is 195 cm³/mol. The number of fused-ring (bicyclic) bond motifs is 7. The van der Waals surface area contributed by atoms with Gasteiger partial charge in [0.25, 0.3) is 0 Å². The number of rotatable bonds is 6. The molecule has 0 amide bonds. The van der Waals surface area contributed by atoms with Crippen LogP contribution in [0.15, 0.2) is 42.5 Å². The van der Waals surface area contributed by atoms with Gasteiger partial charge in [-0.3, -0.25) is 9.59 Å². The molecule has 6 aliphatic rings. The Morgan fingerprint density at radius 3 is 2.14 bits per heavy atom.